The van der Waals surface area contributed by atoms with Gasteiger partial charge in [-0.3, -0.25) is 9.69 Å². The van der Waals surface area contributed by atoms with Gasteiger partial charge in [-0.25, -0.2) is 9.18 Å². The molecule has 2 aromatic rings. The van der Waals surface area contributed by atoms with Crippen LogP contribution in [0.5, 0.6) is 0 Å². The number of ether oxygens (including phenoxy) is 1. The molecule has 1 saturated heterocycles. The molecule has 3 rings (SSSR count). The first-order valence-corrected chi connectivity index (χ1v) is 9.41. The van der Waals surface area contributed by atoms with E-state index in [4.69, 9.17) is 4.74 Å². The minimum absolute atomic E-state index is 0.332. The van der Waals surface area contributed by atoms with Crippen molar-refractivity contribution in [3.63, 3.8) is 0 Å². The van der Waals surface area contributed by atoms with Gasteiger partial charge in [0.15, 0.2) is 6.10 Å². The highest BCUT2D eigenvalue weighted by molar-refractivity contribution is 5.90. The molecule has 0 aliphatic carbocycles. The average molecular weight is 384 g/mol. The Labute approximate surface area is 164 Å². The molecule has 0 aromatic heterocycles. The third-order valence-electron chi connectivity index (χ3n) is 5.08. The van der Waals surface area contributed by atoms with Crippen LogP contribution in [0.4, 0.5) is 4.39 Å². The summed E-state index contributed by atoms with van der Waals surface area (Å²) in [6.07, 6.45) is -2.61. The smallest absolute Gasteiger partial charge is 0.338 e. The lowest BCUT2D eigenvalue weighted by Crippen LogP contribution is -2.63. The van der Waals surface area contributed by atoms with Crippen LogP contribution in [0.2, 0.25) is 0 Å². The van der Waals surface area contributed by atoms with Crippen molar-refractivity contribution in [2.45, 2.75) is 31.8 Å². The summed E-state index contributed by atoms with van der Waals surface area (Å²) in [5, 5.41) is 2.59. The predicted octanol–water partition coefficient (Wildman–Crippen LogP) is 2.82. The Kier molecular flexibility index (Phi) is 6.41. The summed E-state index contributed by atoms with van der Waals surface area (Å²) in [5.74, 6) is -1.37. The van der Waals surface area contributed by atoms with Crippen LogP contribution in [-0.2, 0) is 16.1 Å². The molecule has 5 nitrogen and oxygen atoms in total. The van der Waals surface area contributed by atoms with Crippen LogP contribution >= 0.6 is 0 Å². The number of benzene rings is 2. The summed E-state index contributed by atoms with van der Waals surface area (Å²) in [7, 11) is 1.50. The van der Waals surface area contributed by atoms with Crippen molar-refractivity contribution in [1.82, 2.24) is 10.2 Å². The number of likely N-dealkylation sites (N-methyl/N-ethyl adjacent to an activating group) is 1. The van der Waals surface area contributed by atoms with E-state index in [-0.39, 0.29) is 11.8 Å². The third kappa shape index (κ3) is 4.39. The number of likely N-dealkylation sites (tertiary alicyclic amines) is 1. The number of esters is 1. The van der Waals surface area contributed by atoms with Crippen LogP contribution in [0.1, 0.15) is 22.8 Å². The number of carbonyl (C=O) groups excluding carboxylic acids is 2. The van der Waals surface area contributed by atoms with Gasteiger partial charge in [-0.2, -0.15) is 0 Å². The molecule has 6 heteroatoms. The maximum Gasteiger partial charge on any atom is 0.338 e. The van der Waals surface area contributed by atoms with Crippen LogP contribution < -0.4 is 5.32 Å². The van der Waals surface area contributed by atoms with Gasteiger partial charge in [-0.15, -0.1) is 0 Å². The lowest BCUT2D eigenvalue weighted by atomic mass is 9.88. The van der Waals surface area contributed by atoms with E-state index in [2.05, 4.69) is 5.32 Å². The van der Waals surface area contributed by atoms with E-state index < -0.39 is 24.3 Å². The highest BCUT2D eigenvalue weighted by Gasteiger charge is 2.48. The van der Waals surface area contributed by atoms with Crippen LogP contribution in [0.3, 0.4) is 0 Å². The van der Waals surface area contributed by atoms with Crippen molar-refractivity contribution in [3.8, 4) is 0 Å². The fourth-order valence-corrected chi connectivity index (χ4v) is 3.63. The SMILES string of the molecule is CNC(=O)[C@@H]1[C@@H](OC(=O)c2ccccc2)[C@@H](F)[C@H](C)CN1Cc1ccccc1. The molecule has 1 N–H and O–H groups in total. The van der Waals surface area contributed by atoms with Crippen molar-refractivity contribution in [3.05, 3.63) is 71.8 Å². The second-order valence-electron chi connectivity index (χ2n) is 7.13. The number of nitrogens with zero attached hydrogens (tertiary/aromatic N) is 1. The summed E-state index contributed by atoms with van der Waals surface area (Å²) in [6.45, 7) is 2.63. The molecule has 1 heterocycles. The van der Waals surface area contributed by atoms with E-state index in [0.29, 0.717) is 18.7 Å². The van der Waals surface area contributed by atoms with E-state index in [0.717, 1.165) is 5.56 Å². The van der Waals surface area contributed by atoms with Gasteiger partial charge in [-0.1, -0.05) is 55.5 Å². The zero-order chi connectivity index (χ0) is 20.1. The molecule has 0 spiro atoms. The van der Waals surface area contributed by atoms with Crippen LogP contribution in [0.15, 0.2) is 60.7 Å². The summed E-state index contributed by atoms with van der Waals surface area (Å²) in [5.41, 5.74) is 1.34. The summed E-state index contributed by atoms with van der Waals surface area (Å²) < 4.78 is 20.6. The molecule has 1 aliphatic heterocycles. The second kappa shape index (κ2) is 8.97. The Morgan fingerprint density at radius 3 is 2.32 bits per heavy atom. The number of hydrogen-bond acceptors (Lipinski definition) is 4. The van der Waals surface area contributed by atoms with Crippen molar-refractivity contribution < 1.29 is 18.7 Å². The molecular weight excluding hydrogens is 359 g/mol. The number of alkyl halides is 1. The largest absolute Gasteiger partial charge is 0.453 e. The number of nitrogens with one attached hydrogen (secondary N) is 1. The van der Waals surface area contributed by atoms with E-state index in [1.807, 2.05) is 35.2 Å². The number of hydrogen-bond donors (Lipinski definition) is 1. The Bertz CT molecular complexity index is 800. The molecule has 1 aliphatic rings. The molecule has 0 radical (unpaired) electrons. The van der Waals surface area contributed by atoms with Gasteiger partial charge >= 0.3 is 5.97 Å². The normalized spacial score (nSPS) is 25.1. The van der Waals surface area contributed by atoms with Gasteiger partial charge in [0, 0.05) is 26.1 Å². The van der Waals surface area contributed by atoms with Crippen molar-refractivity contribution in [1.29, 1.82) is 0 Å². The summed E-state index contributed by atoms with van der Waals surface area (Å²) in [4.78, 5) is 27.1. The lowest BCUT2D eigenvalue weighted by Gasteiger charge is -2.44. The van der Waals surface area contributed by atoms with E-state index in [1.165, 1.54) is 7.05 Å². The van der Waals surface area contributed by atoms with Gasteiger partial charge in [0.2, 0.25) is 5.91 Å². The predicted molar refractivity (Wildman–Crippen MR) is 104 cm³/mol. The molecular formula is C22H25FN2O3. The highest BCUT2D eigenvalue weighted by Crippen LogP contribution is 2.30. The molecule has 0 saturated carbocycles. The maximum absolute atomic E-state index is 15.1. The van der Waals surface area contributed by atoms with Gasteiger partial charge in [-0.05, 0) is 17.7 Å². The van der Waals surface area contributed by atoms with E-state index in [1.54, 1.807) is 37.3 Å². The molecule has 0 bridgehead atoms. The Morgan fingerprint density at radius 1 is 1.11 bits per heavy atom. The first-order chi connectivity index (χ1) is 13.5. The first kappa shape index (κ1) is 20.0. The van der Waals surface area contributed by atoms with Crippen molar-refractivity contribution in [2.24, 2.45) is 5.92 Å². The molecule has 28 heavy (non-hydrogen) atoms. The number of halogens is 1. The van der Waals surface area contributed by atoms with E-state index in [9.17, 15) is 9.59 Å². The number of rotatable bonds is 5. The van der Waals surface area contributed by atoms with Gasteiger partial charge in [0.1, 0.15) is 12.2 Å². The molecule has 148 valence electrons. The Balaban J connectivity index is 1.87. The second-order valence-corrected chi connectivity index (χ2v) is 7.13. The molecule has 1 amide bonds. The topological polar surface area (TPSA) is 58.6 Å². The summed E-state index contributed by atoms with van der Waals surface area (Å²) >= 11 is 0. The minimum atomic E-state index is -1.43. The Morgan fingerprint density at radius 2 is 1.71 bits per heavy atom. The quantitative estimate of drug-likeness (QED) is 0.806. The molecule has 2 aromatic carbocycles. The Hall–Kier alpha value is -2.73. The van der Waals surface area contributed by atoms with Gasteiger partial charge in [0.25, 0.3) is 0 Å². The van der Waals surface area contributed by atoms with E-state index >= 15 is 4.39 Å². The molecule has 4 atom stereocenters. The number of amides is 1. The van der Waals surface area contributed by atoms with Gasteiger partial charge < -0.3 is 10.1 Å². The first-order valence-electron chi connectivity index (χ1n) is 9.41. The maximum atomic E-state index is 15.1. The third-order valence-corrected chi connectivity index (χ3v) is 5.08. The minimum Gasteiger partial charge on any atom is -0.453 e. The fourth-order valence-electron chi connectivity index (χ4n) is 3.63. The number of carbonyl (C=O) groups is 2. The monoisotopic (exact) mass is 384 g/mol. The van der Waals surface area contributed by atoms with Crippen molar-refractivity contribution >= 4 is 11.9 Å². The van der Waals surface area contributed by atoms with Crippen molar-refractivity contribution in [2.75, 3.05) is 13.6 Å². The highest BCUT2D eigenvalue weighted by atomic mass is 19.1. The molecule has 1 fully saturated rings. The summed E-state index contributed by atoms with van der Waals surface area (Å²) in [6, 6.07) is 17.2. The van der Waals surface area contributed by atoms with Crippen LogP contribution in [0, 0.1) is 5.92 Å². The standard InChI is InChI=1S/C22H25FN2O3/c1-15-13-25(14-16-9-5-3-6-10-16)19(21(26)24-2)20(18(15)23)28-22(27)17-11-7-4-8-12-17/h3-12,15,18-20H,13-14H2,1-2H3,(H,24,26)/t15-,18+,19+,20+/m1/s1. The fraction of sp³-hybridized carbons (Fsp3) is 0.364. The van der Waals surface area contributed by atoms with Crippen LogP contribution in [0.25, 0.3) is 0 Å². The zero-order valence-electron chi connectivity index (χ0n) is 16.0. The van der Waals surface area contributed by atoms with Crippen LogP contribution in [-0.4, -0.2) is 48.7 Å². The lowest BCUT2D eigenvalue weighted by molar-refractivity contribution is -0.141. The zero-order valence-corrected chi connectivity index (χ0v) is 16.0. The van der Waals surface area contributed by atoms with Gasteiger partial charge in [0.05, 0.1) is 5.56 Å². The average Bonchev–Trinajstić information content (AvgIpc) is 2.72. The molecule has 0 unspecified atom stereocenters. The number of piperidine rings is 1.